The number of halogens is 3. The van der Waals surface area contributed by atoms with Gasteiger partial charge in [-0.15, -0.1) is 11.3 Å². The summed E-state index contributed by atoms with van der Waals surface area (Å²) in [7, 11) is 0. The van der Waals surface area contributed by atoms with E-state index in [1.807, 2.05) is 18.2 Å². The fourth-order valence-electron chi connectivity index (χ4n) is 4.27. The Bertz CT molecular complexity index is 1350. The first-order valence-corrected chi connectivity index (χ1v) is 11.5. The van der Waals surface area contributed by atoms with Crippen LogP contribution in [0.5, 0.6) is 0 Å². The Hall–Kier alpha value is -3.04. The third-order valence-corrected chi connectivity index (χ3v) is 7.11. The van der Waals surface area contributed by atoms with Gasteiger partial charge in [0.15, 0.2) is 0 Å². The van der Waals surface area contributed by atoms with Gasteiger partial charge in [-0.2, -0.15) is 13.2 Å². The lowest BCUT2D eigenvalue weighted by Crippen LogP contribution is -2.34. The van der Waals surface area contributed by atoms with Crippen LogP contribution in [0.3, 0.4) is 0 Å². The summed E-state index contributed by atoms with van der Waals surface area (Å²) >= 11 is 1.53. The third kappa shape index (κ3) is 4.56. The smallest absolute Gasteiger partial charge is 0.310 e. The van der Waals surface area contributed by atoms with Gasteiger partial charge < -0.3 is 5.32 Å². The first-order chi connectivity index (χ1) is 15.9. The molecule has 3 heterocycles. The van der Waals surface area contributed by atoms with E-state index in [4.69, 9.17) is 0 Å². The van der Waals surface area contributed by atoms with Crippen LogP contribution in [0, 0.1) is 0 Å². The second kappa shape index (κ2) is 8.72. The average molecular weight is 471 g/mol. The Balaban J connectivity index is 1.33. The van der Waals surface area contributed by atoms with E-state index in [-0.39, 0.29) is 11.6 Å². The summed E-state index contributed by atoms with van der Waals surface area (Å²) < 4.78 is 40.5. The lowest BCUT2D eigenvalue weighted by molar-refractivity contribution is -0.137. The number of thiophene rings is 1. The van der Waals surface area contributed by atoms with Gasteiger partial charge in [-0.3, -0.25) is 14.3 Å². The van der Waals surface area contributed by atoms with Crippen molar-refractivity contribution in [3.8, 4) is 0 Å². The Morgan fingerprint density at radius 2 is 2.03 bits per heavy atom. The molecule has 0 saturated carbocycles. The van der Waals surface area contributed by atoms with Crippen LogP contribution < -0.4 is 10.9 Å². The maximum absolute atomic E-state index is 13.2. The molecule has 33 heavy (non-hydrogen) atoms. The third-order valence-electron chi connectivity index (χ3n) is 5.94. The van der Waals surface area contributed by atoms with Crippen LogP contribution in [0.25, 0.3) is 10.2 Å². The number of hydrogen-bond acceptors (Lipinski definition) is 5. The Kier molecular flexibility index (Phi) is 5.76. The summed E-state index contributed by atoms with van der Waals surface area (Å²) in [6, 6.07) is 11.1. The Morgan fingerprint density at radius 3 is 2.82 bits per heavy atom. The topological polar surface area (TPSA) is 59.8 Å². The van der Waals surface area contributed by atoms with Crippen molar-refractivity contribution in [1.29, 1.82) is 0 Å². The largest absolute Gasteiger partial charge is 0.416 e. The molecule has 0 amide bonds. The molecular formula is C24H21F3N4OS. The van der Waals surface area contributed by atoms with E-state index in [0.717, 1.165) is 46.3 Å². The van der Waals surface area contributed by atoms with Crippen LogP contribution in [0.15, 0.2) is 59.8 Å². The second-order valence-corrected chi connectivity index (χ2v) is 9.29. The Labute approximate surface area is 191 Å². The predicted octanol–water partition coefficient (Wildman–Crippen LogP) is 4.57. The maximum Gasteiger partial charge on any atom is 0.416 e. The summed E-state index contributed by atoms with van der Waals surface area (Å²) in [4.78, 5) is 23.8. The highest BCUT2D eigenvalue weighted by molar-refractivity contribution is 7.18. The molecule has 3 aromatic heterocycles. The van der Waals surface area contributed by atoms with Crippen molar-refractivity contribution in [3.05, 3.63) is 92.6 Å². The van der Waals surface area contributed by atoms with E-state index in [2.05, 4.69) is 15.3 Å². The van der Waals surface area contributed by atoms with Crippen molar-refractivity contribution in [2.45, 2.75) is 44.6 Å². The zero-order valence-electron chi connectivity index (χ0n) is 17.6. The number of pyridine rings is 1. The molecule has 9 heteroatoms. The summed E-state index contributed by atoms with van der Waals surface area (Å²) in [6.07, 6.45) is 1.21. The average Bonchev–Trinajstić information content (AvgIpc) is 3.18. The highest BCUT2D eigenvalue weighted by Gasteiger charge is 2.30. The Morgan fingerprint density at radius 1 is 1.15 bits per heavy atom. The minimum atomic E-state index is -4.34. The fraction of sp³-hybridized carbons (Fsp3) is 0.292. The summed E-state index contributed by atoms with van der Waals surface area (Å²) in [6.45, 7) is 0.734. The molecule has 1 atom stereocenters. The van der Waals surface area contributed by atoms with Crippen LogP contribution >= 0.6 is 11.3 Å². The number of nitrogens with one attached hydrogen (secondary N) is 1. The highest BCUT2D eigenvalue weighted by Crippen LogP contribution is 2.34. The fourth-order valence-corrected chi connectivity index (χ4v) is 5.53. The predicted molar refractivity (Wildman–Crippen MR) is 121 cm³/mol. The van der Waals surface area contributed by atoms with Gasteiger partial charge in [0.05, 0.1) is 29.5 Å². The van der Waals surface area contributed by atoms with E-state index in [1.54, 1.807) is 23.2 Å². The van der Waals surface area contributed by atoms with E-state index < -0.39 is 11.7 Å². The van der Waals surface area contributed by atoms with Crippen LogP contribution in [0.4, 0.5) is 13.2 Å². The molecule has 0 unspecified atom stereocenters. The number of rotatable bonds is 5. The van der Waals surface area contributed by atoms with E-state index in [0.29, 0.717) is 24.0 Å². The normalized spacial score (nSPS) is 16.2. The van der Waals surface area contributed by atoms with Gasteiger partial charge in [-0.1, -0.05) is 24.3 Å². The van der Waals surface area contributed by atoms with Crippen molar-refractivity contribution < 1.29 is 13.2 Å². The maximum atomic E-state index is 13.2. The molecule has 5 rings (SSSR count). The van der Waals surface area contributed by atoms with Crippen molar-refractivity contribution in [3.63, 3.8) is 0 Å². The van der Waals surface area contributed by atoms with Gasteiger partial charge in [-0.05, 0) is 48.6 Å². The van der Waals surface area contributed by atoms with E-state index in [9.17, 15) is 18.0 Å². The van der Waals surface area contributed by atoms with Crippen LogP contribution in [-0.4, -0.2) is 20.6 Å². The monoisotopic (exact) mass is 470 g/mol. The summed E-state index contributed by atoms with van der Waals surface area (Å²) in [5.74, 6) is 0. The molecule has 170 valence electrons. The number of hydrogen-bond donors (Lipinski definition) is 1. The lowest BCUT2D eigenvalue weighted by Gasteiger charge is -2.23. The molecule has 1 aromatic carbocycles. The summed E-state index contributed by atoms with van der Waals surface area (Å²) in [5, 5.41) is 4.07. The van der Waals surface area contributed by atoms with Crippen LogP contribution in [0.1, 0.15) is 33.7 Å². The first-order valence-electron chi connectivity index (χ1n) is 10.7. The highest BCUT2D eigenvalue weighted by atomic mass is 32.1. The van der Waals surface area contributed by atoms with Gasteiger partial charge >= 0.3 is 6.18 Å². The molecule has 1 aliphatic carbocycles. The minimum Gasteiger partial charge on any atom is -0.310 e. The van der Waals surface area contributed by atoms with Crippen molar-refractivity contribution in [2.75, 3.05) is 0 Å². The number of benzene rings is 1. The lowest BCUT2D eigenvalue weighted by atomic mass is 9.93. The molecule has 0 fully saturated rings. The van der Waals surface area contributed by atoms with Crippen LogP contribution in [0.2, 0.25) is 0 Å². The van der Waals surface area contributed by atoms with Gasteiger partial charge in [0, 0.05) is 23.7 Å². The number of aromatic nitrogens is 3. The quantitative estimate of drug-likeness (QED) is 0.464. The molecule has 0 aliphatic heterocycles. The molecule has 4 aromatic rings. The second-order valence-electron chi connectivity index (χ2n) is 8.20. The standard InChI is InChI=1S/C24H21F3N4OS/c25-24(26,27)16-5-3-4-15(10-16)12-29-17-7-8-19-20(11-17)33-22-21(19)23(32)31(14-30-22)13-18-6-1-2-9-28-18/h1-6,9-10,14,17,29H,7-8,11-13H2/t17-/m0/s1. The first kappa shape index (κ1) is 21.8. The van der Waals surface area contributed by atoms with Crippen molar-refractivity contribution in [1.82, 2.24) is 19.9 Å². The number of fused-ring (bicyclic) bond motifs is 3. The zero-order valence-corrected chi connectivity index (χ0v) is 18.4. The minimum absolute atomic E-state index is 0.0569. The molecule has 0 spiro atoms. The number of nitrogens with zero attached hydrogens (tertiary/aromatic N) is 3. The molecule has 1 aliphatic rings. The van der Waals surface area contributed by atoms with Gasteiger partial charge in [0.1, 0.15) is 4.83 Å². The van der Waals surface area contributed by atoms with Gasteiger partial charge in [0.2, 0.25) is 0 Å². The zero-order chi connectivity index (χ0) is 23.0. The molecule has 5 nitrogen and oxygen atoms in total. The molecule has 1 N–H and O–H groups in total. The van der Waals surface area contributed by atoms with E-state index >= 15 is 0 Å². The van der Waals surface area contributed by atoms with Crippen molar-refractivity contribution >= 4 is 21.6 Å². The molecule has 0 radical (unpaired) electrons. The SMILES string of the molecule is O=c1c2c3c(sc2ncn1Cc1ccccn1)C[C@@H](NCc1cccc(C(F)(F)F)c1)CC3. The number of aryl methyl sites for hydroxylation is 1. The molecule has 0 bridgehead atoms. The van der Waals surface area contributed by atoms with Crippen molar-refractivity contribution in [2.24, 2.45) is 0 Å². The van der Waals surface area contributed by atoms with E-state index in [1.165, 1.54) is 23.5 Å². The molecule has 0 saturated heterocycles. The number of alkyl halides is 3. The van der Waals surface area contributed by atoms with Gasteiger partial charge in [0.25, 0.3) is 5.56 Å². The van der Waals surface area contributed by atoms with Gasteiger partial charge in [-0.25, -0.2) is 4.98 Å². The summed E-state index contributed by atoms with van der Waals surface area (Å²) in [5.41, 5.74) is 1.76. The molecular weight excluding hydrogens is 449 g/mol. The van der Waals surface area contributed by atoms with Crippen LogP contribution in [-0.2, 0) is 32.1 Å².